The van der Waals surface area contributed by atoms with E-state index in [1.807, 2.05) is 19.9 Å². The summed E-state index contributed by atoms with van der Waals surface area (Å²) in [4.78, 5) is 25.9. The lowest BCUT2D eigenvalue weighted by atomic mass is 9.57. The van der Waals surface area contributed by atoms with Gasteiger partial charge in [0.25, 0.3) is 10.1 Å². The van der Waals surface area contributed by atoms with E-state index in [2.05, 4.69) is 5.32 Å². The molecule has 2 atom stereocenters. The summed E-state index contributed by atoms with van der Waals surface area (Å²) in [5, 5.41) is 12.4. The van der Waals surface area contributed by atoms with Gasteiger partial charge in [-0.3, -0.25) is 14.1 Å². The van der Waals surface area contributed by atoms with Gasteiger partial charge in [-0.15, -0.1) is 0 Å². The molecule has 3 saturated carbocycles. The Kier molecular flexibility index (Phi) is 8.75. The fraction of sp³-hybridized carbons (Fsp3) is 0.640. The van der Waals surface area contributed by atoms with Crippen molar-refractivity contribution < 1.29 is 31.7 Å². The lowest BCUT2D eigenvalue weighted by Crippen LogP contribution is -2.58. The van der Waals surface area contributed by atoms with E-state index in [1.165, 1.54) is 17.0 Å². The molecular weight excluding hydrogens is 489 g/mol. The van der Waals surface area contributed by atoms with E-state index in [-0.39, 0.29) is 47.2 Å². The Morgan fingerprint density at radius 2 is 1.78 bits per heavy atom. The van der Waals surface area contributed by atoms with E-state index >= 15 is 0 Å². The van der Waals surface area contributed by atoms with Gasteiger partial charge in [0, 0.05) is 12.0 Å². The number of carbonyl (C=O) groups is 2. The largest absolute Gasteiger partial charge is 0.466 e. The molecule has 4 fully saturated rings. The first-order valence-electron chi connectivity index (χ1n) is 12.2. The average molecular weight is 524 g/mol. The van der Waals surface area contributed by atoms with Gasteiger partial charge in [0.05, 0.1) is 36.1 Å². The van der Waals surface area contributed by atoms with Crippen LogP contribution in [0.2, 0.25) is 0 Å². The number of ether oxygens (including phenoxy) is 1. The number of halogens is 1. The molecule has 4 aliphatic rings. The van der Waals surface area contributed by atoms with Crippen molar-refractivity contribution in [2.75, 3.05) is 19.7 Å². The molecule has 5 rings (SSSR count). The van der Waals surface area contributed by atoms with Crippen LogP contribution < -0.4 is 5.32 Å². The van der Waals surface area contributed by atoms with E-state index in [9.17, 15) is 22.4 Å². The van der Waals surface area contributed by atoms with Crippen LogP contribution in [0.15, 0.2) is 29.2 Å². The monoisotopic (exact) mass is 523 g/mol. The van der Waals surface area contributed by atoms with Gasteiger partial charge in [-0.25, -0.2) is 4.39 Å². The van der Waals surface area contributed by atoms with E-state index in [4.69, 9.17) is 14.6 Å². The van der Waals surface area contributed by atoms with Crippen LogP contribution in [0.3, 0.4) is 0 Å². The maximum absolute atomic E-state index is 13.5. The Morgan fingerprint density at radius 1 is 1.19 bits per heavy atom. The van der Waals surface area contributed by atoms with E-state index in [0.29, 0.717) is 6.61 Å². The standard InChI is InChI=1S/C18H26FN3O3.C7H8O3S/c1-2-25-16(24)17-3-6-18(7-4-17,8-5-17)21-11-15(23)22-12-13(19)9-14(22)10-20;1-6-2-4-7(5-3-6)11(8,9)10/h13-14,21H,2-9,11-12H2,1H3;2-5H,1H3,(H,8,9,10)/t13-,14-,17?,18?;/m0./s1. The van der Waals surface area contributed by atoms with E-state index in [1.54, 1.807) is 12.1 Å². The summed E-state index contributed by atoms with van der Waals surface area (Å²) >= 11 is 0. The number of amides is 1. The molecule has 2 N–H and O–H groups in total. The maximum atomic E-state index is 13.5. The molecule has 2 bridgehead atoms. The molecule has 11 heteroatoms. The third-order valence-corrected chi connectivity index (χ3v) is 8.48. The van der Waals surface area contributed by atoms with Crippen LogP contribution in [0.4, 0.5) is 4.39 Å². The van der Waals surface area contributed by atoms with Crippen molar-refractivity contribution in [1.29, 1.82) is 5.26 Å². The topological polar surface area (TPSA) is 137 Å². The molecule has 0 unspecified atom stereocenters. The predicted molar refractivity (Wildman–Crippen MR) is 129 cm³/mol. The van der Waals surface area contributed by atoms with Crippen LogP contribution in [0.1, 0.15) is 57.4 Å². The van der Waals surface area contributed by atoms with Crippen molar-refractivity contribution in [3.05, 3.63) is 29.8 Å². The molecule has 1 aromatic carbocycles. The highest BCUT2D eigenvalue weighted by molar-refractivity contribution is 7.85. The molecule has 1 amide bonds. The zero-order valence-corrected chi connectivity index (χ0v) is 21.5. The molecule has 0 aromatic heterocycles. The first-order chi connectivity index (χ1) is 16.9. The molecular formula is C25H34FN3O6S. The molecule has 1 heterocycles. The molecule has 3 aliphatic carbocycles. The Bertz CT molecular complexity index is 1080. The Balaban J connectivity index is 0.000000275. The number of nitriles is 1. The average Bonchev–Trinajstić information content (AvgIpc) is 3.25. The number of hydrogen-bond donors (Lipinski definition) is 2. The van der Waals surface area contributed by atoms with Crippen molar-refractivity contribution in [3.63, 3.8) is 0 Å². The summed E-state index contributed by atoms with van der Waals surface area (Å²) in [5.74, 6) is -0.295. The van der Waals surface area contributed by atoms with Crippen LogP contribution in [-0.2, 0) is 24.4 Å². The number of rotatable bonds is 6. The van der Waals surface area contributed by atoms with Gasteiger partial charge >= 0.3 is 5.97 Å². The molecule has 1 saturated heterocycles. The minimum absolute atomic E-state index is 0.0116. The predicted octanol–water partition coefficient (Wildman–Crippen LogP) is 2.94. The summed E-state index contributed by atoms with van der Waals surface area (Å²) in [6, 6.07) is 7.34. The molecule has 1 aliphatic heterocycles. The minimum Gasteiger partial charge on any atom is -0.466 e. The van der Waals surface area contributed by atoms with Crippen LogP contribution in [0.25, 0.3) is 0 Å². The van der Waals surface area contributed by atoms with Gasteiger partial charge in [0.2, 0.25) is 5.91 Å². The van der Waals surface area contributed by atoms with E-state index in [0.717, 1.165) is 44.1 Å². The second-order valence-electron chi connectivity index (χ2n) is 9.95. The highest BCUT2D eigenvalue weighted by atomic mass is 32.2. The second-order valence-corrected chi connectivity index (χ2v) is 11.4. The smallest absolute Gasteiger partial charge is 0.312 e. The zero-order chi connectivity index (χ0) is 26.6. The molecule has 1 aromatic rings. The summed E-state index contributed by atoms with van der Waals surface area (Å²) < 4.78 is 48.3. The number of esters is 1. The Morgan fingerprint density at radius 3 is 2.28 bits per heavy atom. The van der Waals surface area contributed by atoms with Crippen molar-refractivity contribution in [1.82, 2.24) is 10.2 Å². The highest BCUT2D eigenvalue weighted by Gasteiger charge is 2.53. The lowest BCUT2D eigenvalue weighted by molar-refractivity contribution is -0.163. The van der Waals surface area contributed by atoms with Gasteiger partial charge in [0.1, 0.15) is 12.2 Å². The number of alkyl halides is 1. The van der Waals surface area contributed by atoms with Gasteiger partial charge in [-0.05, 0) is 64.5 Å². The van der Waals surface area contributed by atoms with Crippen LogP contribution in [0, 0.1) is 23.7 Å². The number of likely N-dealkylation sites (tertiary alicyclic amines) is 1. The highest BCUT2D eigenvalue weighted by Crippen LogP contribution is 2.52. The fourth-order valence-electron chi connectivity index (χ4n) is 5.30. The molecule has 9 nitrogen and oxygen atoms in total. The second kappa shape index (κ2) is 11.2. The Labute approximate surface area is 211 Å². The number of fused-ring (bicyclic) bond motifs is 3. The van der Waals surface area contributed by atoms with Gasteiger partial charge < -0.3 is 15.0 Å². The quantitative estimate of drug-likeness (QED) is 0.429. The fourth-order valence-corrected chi connectivity index (χ4v) is 5.78. The van der Waals surface area contributed by atoms with Gasteiger partial charge in [-0.1, -0.05) is 17.7 Å². The summed E-state index contributed by atoms with van der Waals surface area (Å²) in [7, 11) is -4.02. The number of nitrogens with one attached hydrogen (secondary N) is 1. The van der Waals surface area contributed by atoms with Crippen molar-refractivity contribution in [2.45, 2.75) is 81.4 Å². The number of carbonyl (C=O) groups excluding carboxylic acids is 2. The normalized spacial score (nSPS) is 29.1. The summed E-state index contributed by atoms with van der Waals surface area (Å²) in [5.41, 5.74) is 0.490. The molecule has 0 spiro atoms. The van der Waals surface area contributed by atoms with Crippen molar-refractivity contribution >= 4 is 22.0 Å². The SMILES string of the molecule is CCOC(=O)C12CCC(NCC(=O)N3C[C@@H](F)C[C@H]3C#N)(CC1)CC2.Cc1ccc(S(=O)(=O)O)cc1. The maximum Gasteiger partial charge on any atom is 0.312 e. The number of nitrogens with zero attached hydrogens (tertiary/aromatic N) is 2. The number of aryl methyl sites for hydroxylation is 1. The summed E-state index contributed by atoms with van der Waals surface area (Å²) in [6.45, 7) is 4.21. The first-order valence-corrected chi connectivity index (χ1v) is 13.7. The molecule has 36 heavy (non-hydrogen) atoms. The van der Waals surface area contributed by atoms with Crippen LogP contribution in [-0.4, -0.2) is 67.2 Å². The number of benzene rings is 1. The van der Waals surface area contributed by atoms with E-state index < -0.39 is 22.3 Å². The van der Waals surface area contributed by atoms with Crippen molar-refractivity contribution in [2.24, 2.45) is 5.41 Å². The molecule has 198 valence electrons. The number of hydrogen-bond acceptors (Lipinski definition) is 7. The molecule has 0 radical (unpaired) electrons. The summed E-state index contributed by atoms with van der Waals surface area (Å²) in [6.07, 6.45) is 3.86. The zero-order valence-electron chi connectivity index (χ0n) is 20.7. The Hall–Kier alpha value is -2.55. The van der Waals surface area contributed by atoms with Crippen molar-refractivity contribution in [3.8, 4) is 6.07 Å². The first kappa shape index (κ1) is 28.0. The van der Waals surface area contributed by atoms with Crippen LogP contribution >= 0.6 is 0 Å². The van der Waals surface area contributed by atoms with Crippen LogP contribution in [0.5, 0.6) is 0 Å². The minimum atomic E-state index is -4.02. The lowest BCUT2D eigenvalue weighted by Gasteiger charge is -2.52. The third-order valence-electron chi connectivity index (χ3n) is 7.61. The van der Waals surface area contributed by atoms with Gasteiger partial charge in [-0.2, -0.15) is 13.7 Å². The van der Waals surface area contributed by atoms with Gasteiger partial charge in [0.15, 0.2) is 0 Å². The third kappa shape index (κ3) is 6.41.